The number of amides is 1. The molecular formula is C18H16FeNNaO4S+2. The molecular weight excluding hydrogens is 405 g/mol. The summed E-state index contributed by atoms with van der Waals surface area (Å²) in [7, 11) is 0. The van der Waals surface area contributed by atoms with Gasteiger partial charge in [-0.3, -0.25) is 9.69 Å². The van der Waals surface area contributed by atoms with Crippen LogP contribution in [-0.4, -0.2) is 33.4 Å². The number of aliphatic hydroxyl groups excluding tert-OH is 1. The van der Waals surface area contributed by atoms with Gasteiger partial charge in [0, 0.05) is 10.8 Å². The van der Waals surface area contributed by atoms with Crippen molar-refractivity contribution >= 4 is 23.6 Å². The van der Waals surface area contributed by atoms with Crippen molar-refractivity contribution in [1.82, 2.24) is 4.90 Å². The van der Waals surface area contributed by atoms with E-state index in [2.05, 4.69) is 0 Å². The number of β-lactam (4-membered cyclic amide) rings is 1. The number of carboxylic acid groups (broad SMARTS) is 1. The van der Waals surface area contributed by atoms with E-state index in [1.807, 2.05) is 32.1 Å². The molecule has 2 heterocycles. The van der Waals surface area contributed by atoms with E-state index in [-0.39, 0.29) is 63.6 Å². The van der Waals surface area contributed by atoms with Gasteiger partial charge in [-0.2, -0.15) is 0 Å². The summed E-state index contributed by atoms with van der Waals surface area (Å²) < 4.78 is 0. The van der Waals surface area contributed by atoms with Crippen molar-refractivity contribution in [3.63, 3.8) is 0 Å². The third kappa shape index (κ3) is 4.91. The van der Waals surface area contributed by atoms with Crippen molar-refractivity contribution < 1.29 is 66.4 Å². The molecule has 2 aliphatic carbocycles. The van der Waals surface area contributed by atoms with Crippen molar-refractivity contribution in [1.29, 1.82) is 0 Å². The second-order valence-corrected chi connectivity index (χ2v) is 6.71. The fourth-order valence-corrected chi connectivity index (χ4v) is 4.43. The van der Waals surface area contributed by atoms with E-state index in [1.54, 1.807) is 32.6 Å². The third-order valence-electron chi connectivity index (χ3n) is 3.97. The molecule has 2 aliphatic heterocycles. The Hall–Kier alpha value is 0.509. The van der Waals surface area contributed by atoms with E-state index in [0.29, 0.717) is 4.91 Å². The molecule has 10 radical (unpaired) electrons. The average Bonchev–Trinajstić information content (AvgIpc) is 3.27. The fourth-order valence-electron chi connectivity index (χ4n) is 2.82. The zero-order valence-corrected chi connectivity index (χ0v) is 18.2. The molecule has 3 fully saturated rings. The second kappa shape index (κ2) is 10.9. The van der Waals surface area contributed by atoms with E-state index in [9.17, 15) is 19.8 Å². The summed E-state index contributed by atoms with van der Waals surface area (Å²) in [4.78, 5) is 25.0. The Morgan fingerprint density at radius 1 is 1.15 bits per heavy atom. The fraction of sp³-hybridized carbons (Fsp3) is 0.222. The molecule has 1 saturated heterocycles. The van der Waals surface area contributed by atoms with Gasteiger partial charge in [0.1, 0.15) is 5.37 Å². The number of thioether (sulfide) groups is 1. The van der Waals surface area contributed by atoms with Gasteiger partial charge in [0.05, 0.1) is 23.7 Å². The SMILES string of the molecule is C[C@@H](O)[C@H]1C(=O)N2C(C(=O)[O-])=C([C]3[CH][CH][CH][CH]3)S[C@H]12.[CH]1[CH][CH][CH][CH]1.[Fe+2].[Na+]. The number of aliphatic carboxylic acids is 1. The Kier molecular flexibility index (Phi) is 10.3. The van der Waals surface area contributed by atoms with Crippen molar-refractivity contribution in [3.05, 3.63) is 74.3 Å². The number of hydrogen-bond acceptors (Lipinski definition) is 5. The molecule has 4 aliphatic rings. The van der Waals surface area contributed by atoms with Gasteiger partial charge in [0.25, 0.3) is 0 Å². The number of aliphatic hydroxyl groups is 1. The molecule has 2 saturated carbocycles. The maximum Gasteiger partial charge on any atom is 2.00 e. The summed E-state index contributed by atoms with van der Waals surface area (Å²) in [5.41, 5.74) is -0.0805. The van der Waals surface area contributed by atoms with Crippen LogP contribution >= 0.6 is 11.8 Å². The standard InChI is InChI=1S/C13H12NO4S.C5H5.Fe.Na/c1-6(15)8-11(16)14-9(13(17)18)10(19-12(8)14)7-4-2-3-5-7;1-2-4-5-3-1;;/h2-6,8,12,15H,1H3,(H,17,18);1-5H;;/q;;+2;+1/p-1/t6-,8+,12-;;;/m1.../s1. The molecule has 0 aromatic heterocycles. The van der Waals surface area contributed by atoms with Gasteiger partial charge in [-0.25, -0.2) is 0 Å². The number of fused-ring (bicyclic) bond motifs is 1. The van der Waals surface area contributed by atoms with Gasteiger partial charge in [-0.1, -0.05) is 0 Å². The largest absolute Gasteiger partial charge is 2.00 e. The van der Waals surface area contributed by atoms with Crippen LogP contribution in [0.1, 0.15) is 6.92 Å². The summed E-state index contributed by atoms with van der Waals surface area (Å²) in [5, 5.41) is 20.5. The van der Waals surface area contributed by atoms with Crippen molar-refractivity contribution in [2.24, 2.45) is 5.92 Å². The van der Waals surface area contributed by atoms with Gasteiger partial charge in [0.15, 0.2) is 0 Å². The van der Waals surface area contributed by atoms with Crippen LogP contribution in [0.4, 0.5) is 0 Å². The maximum atomic E-state index is 11.9. The van der Waals surface area contributed by atoms with Crippen LogP contribution in [0.25, 0.3) is 0 Å². The molecule has 0 spiro atoms. The van der Waals surface area contributed by atoms with Crippen LogP contribution in [0, 0.1) is 69.6 Å². The van der Waals surface area contributed by atoms with Crippen LogP contribution in [0.3, 0.4) is 0 Å². The topological polar surface area (TPSA) is 80.7 Å². The predicted molar refractivity (Wildman–Crippen MR) is 87.4 cm³/mol. The van der Waals surface area contributed by atoms with E-state index in [0.717, 1.165) is 5.92 Å². The second-order valence-electron chi connectivity index (χ2n) is 5.58. The normalized spacial score (nSPS) is 28.4. The summed E-state index contributed by atoms with van der Waals surface area (Å²) >= 11 is 1.30. The minimum Gasteiger partial charge on any atom is -0.543 e. The quantitative estimate of drug-likeness (QED) is 0.396. The summed E-state index contributed by atoms with van der Waals surface area (Å²) in [6.07, 6.45) is 16.4. The number of allylic oxidation sites excluding steroid dienone is 1. The van der Waals surface area contributed by atoms with E-state index >= 15 is 0 Å². The molecule has 4 rings (SSSR count). The first-order valence-electron chi connectivity index (χ1n) is 7.54. The van der Waals surface area contributed by atoms with E-state index in [1.165, 1.54) is 16.7 Å². The molecule has 0 bridgehead atoms. The van der Waals surface area contributed by atoms with Crippen molar-refractivity contribution in [2.75, 3.05) is 0 Å². The summed E-state index contributed by atoms with van der Waals surface area (Å²) in [6.45, 7) is 1.54. The number of nitrogens with zero attached hydrogens (tertiary/aromatic N) is 1. The molecule has 0 aromatic rings. The Balaban J connectivity index is 0.000000421. The molecule has 1 N–H and O–H groups in total. The Morgan fingerprint density at radius 3 is 2.08 bits per heavy atom. The first-order chi connectivity index (χ1) is 11.5. The Bertz CT molecular complexity index is 540. The van der Waals surface area contributed by atoms with Crippen LogP contribution in [0.15, 0.2) is 10.6 Å². The zero-order chi connectivity index (χ0) is 17.3. The predicted octanol–water partition coefficient (Wildman–Crippen LogP) is -2.71. The molecule has 26 heavy (non-hydrogen) atoms. The molecule has 0 aromatic carbocycles. The number of carbonyl (C=O) groups is 2. The molecule has 0 unspecified atom stereocenters. The van der Waals surface area contributed by atoms with E-state index in [4.69, 9.17) is 0 Å². The molecule has 8 heteroatoms. The first-order valence-corrected chi connectivity index (χ1v) is 8.42. The Morgan fingerprint density at radius 2 is 1.65 bits per heavy atom. The average molecular weight is 421 g/mol. The summed E-state index contributed by atoms with van der Waals surface area (Å²) in [6, 6.07) is 0. The monoisotopic (exact) mass is 421 g/mol. The van der Waals surface area contributed by atoms with Crippen LogP contribution in [-0.2, 0) is 26.7 Å². The number of carboxylic acids is 1. The van der Waals surface area contributed by atoms with Crippen molar-refractivity contribution in [2.45, 2.75) is 18.4 Å². The van der Waals surface area contributed by atoms with Gasteiger partial charge >= 0.3 is 46.6 Å². The molecule has 3 atom stereocenters. The number of carbonyl (C=O) groups excluding carboxylic acids is 2. The van der Waals surface area contributed by atoms with Gasteiger partial charge in [-0.05, 0) is 64.7 Å². The van der Waals surface area contributed by atoms with Crippen LogP contribution < -0.4 is 34.7 Å². The van der Waals surface area contributed by atoms with Gasteiger partial charge < -0.3 is 15.0 Å². The molecule has 130 valence electrons. The van der Waals surface area contributed by atoms with E-state index < -0.39 is 18.0 Å². The van der Waals surface area contributed by atoms with Crippen LogP contribution in [0.2, 0.25) is 0 Å². The summed E-state index contributed by atoms with van der Waals surface area (Å²) in [5.74, 6) is -1.50. The zero-order valence-electron chi connectivity index (χ0n) is 14.3. The molecule has 1 amide bonds. The minimum absolute atomic E-state index is 0. The van der Waals surface area contributed by atoms with Crippen molar-refractivity contribution in [3.8, 4) is 0 Å². The van der Waals surface area contributed by atoms with Gasteiger partial charge in [-0.15, -0.1) is 11.8 Å². The van der Waals surface area contributed by atoms with Gasteiger partial charge in [0.2, 0.25) is 5.91 Å². The smallest absolute Gasteiger partial charge is 0.543 e. The first kappa shape index (κ1) is 24.5. The number of rotatable bonds is 3. The molecule has 5 nitrogen and oxygen atoms in total. The third-order valence-corrected chi connectivity index (χ3v) is 5.38. The number of hydrogen-bond donors (Lipinski definition) is 1. The minimum atomic E-state index is -1.36. The Labute approximate surface area is 192 Å². The van der Waals surface area contributed by atoms with Crippen LogP contribution in [0.5, 0.6) is 0 Å². The maximum absolute atomic E-state index is 11.9.